The molecule has 1 unspecified atom stereocenters. The lowest BCUT2D eigenvalue weighted by Gasteiger charge is -2.31. The fourth-order valence-corrected chi connectivity index (χ4v) is 2.60. The molecule has 0 saturated heterocycles. The van der Waals surface area contributed by atoms with Gasteiger partial charge in [-0.05, 0) is 44.8 Å². The zero-order valence-corrected chi connectivity index (χ0v) is 13.5. The first kappa shape index (κ1) is 17.4. The minimum Gasteiger partial charge on any atom is -0.481 e. The molecule has 1 N–H and O–H groups in total. The highest BCUT2D eigenvalue weighted by atomic mass is 16.4. The van der Waals surface area contributed by atoms with Crippen LogP contribution in [-0.2, 0) is 9.59 Å². The van der Waals surface area contributed by atoms with E-state index < -0.39 is 11.4 Å². The summed E-state index contributed by atoms with van der Waals surface area (Å²) in [5.74, 6) is -0.803. The monoisotopic (exact) mass is 290 g/mol. The quantitative estimate of drug-likeness (QED) is 0.581. The number of hydrogen-bond acceptors (Lipinski definition) is 2. The average Bonchev–Trinajstić information content (AvgIpc) is 2.43. The first-order chi connectivity index (χ1) is 9.82. The highest BCUT2D eigenvalue weighted by Gasteiger charge is 2.41. The Bertz CT molecular complexity index is 509. The van der Waals surface area contributed by atoms with Crippen molar-refractivity contribution in [2.24, 2.45) is 5.41 Å². The topological polar surface area (TPSA) is 54.4 Å². The van der Waals surface area contributed by atoms with Gasteiger partial charge in [-0.3, -0.25) is 9.59 Å². The average molecular weight is 290 g/mol. The summed E-state index contributed by atoms with van der Waals surface area (Å²) in [6.07, 6.45) is 9.92. The van der Waals surface area contributed by atoms with Crippen LogP contribution < -0.4 is 0 Å². The Hall–Kier alpha value is -1.64. The number of carbonyl (C=O) groups is 2. The smallest absolute Gasteiger partial charge is 0.313 e. The second-order valence-electron chi connectivity index (χ2n) is 6.02. The first-order valence-corrected chi connectivity index (χ1v) is 7.65. The number of rotatable bonds is 6. The molecule has 1 atom stereocenters. The number of carboxylic acids is 1. The maximum Gasteiger partial charge on any atom is 0.313 e. The molecule has 0 heterocycles. The molecular weight excluding hydrogens is 264 g/mol. The molecule has 0 aromatic rings. The van der Waals surface area contributed by atoms with E-state index in [1.807, 2.05) is 19.1 Å². The Morgan fingerprint density at radius 2 is 2.10 bits per heavy atom. The van der Waals surface area contributed by atoms with Crippen molar-refractivity contribution in [1.29, 1.82) is 0 Å². The molecule has 21 heavy (non-hydrogen) atoms. The van der Waals surface area contributed by atoms with Crippen molar-refractivity contribution in [2.75, 3.05) is 0 Å². The maximum atomic E-state index is 11.9. The van der Waals surface area contributed by atoms with Crippen LogP contribution in [0.25, 0.3) is 0 Å². The van der Waals surface area contributed by atoms with Crippen LogP contribution in [0.3, 0.4) is 0 Å². The van der Waals surface area contributed by atoms with Crippen molar-refractivity contribution in [3.8, 4) is 0 Å². The number of ketones is 1. The van der Waals surface area contributed by atoms with Crippen molar-refractivity contribution in [1.82, 2.24) is 0 Å². The Kier molecular flexibility index (Phi) is 6.13. The van der Waals surface area contributed by atoms with Gasteiger partial charge >= 0.3 is 5.97 Å². The third-order valence-corrected chi connectivity index (χ3v) is 4.28. The third-order valence-electron chi connectivity index (χ3n) is 4.28. The van der Waals surface area contributed by atoms with E-state index in [-0.39, 0.29) is 5.78 Å². The summed E-state index contributed by atoms with van der Waals surface area (Å²) in [6, 6.07) is 0. The second kappa shape index (κ2) is 7.39. The van der Waals surface area contributed by atoms with E-state index in [1.165, 1.54) is 0 Å². The van der Waals surface area contributed by atoms with Crippen LogP contribution in [0.2, 0.25) is 0 Å². The predicted octanol–water partition coefficient (Wildman–Crippen LogP) is 4.45. The molecule has 1 aliphatic rings. The number of carbonyl (C=O) groups excluding carboxylic acids is 1. The lowest BCUT2D eigenvalue weighted by atomic mass is 9.70. The minimum atomic E-state index is -0.960. The van der Waals surface area contributed by atoms with Crippen LogP contribution in [0, 0.1) is 5.41 Å². The molecule has 116 valence electrons. The molecule has 0 amide bonds. The van der Waals surface area contributed by atoms with Gasteiger partial charge in [-0.1, -0.05) is 43.6 Å². The molecule has 0 radical (unpaired) electrons. The highest BCUT2D eigenvalue weighted by Crippen LogP contribution is 2.40. The maximum absolute atomic E-state index is 11.9. The van der Waals surface area contributed by atoms with Crippen LogP contribution >= 0.6 is 0 Å². The predicted molar refractivity (Wildman–Crippen MR) is 85.1 cm³/mol. The summed E-state index contributed by atoms with van der Waals surface area (Å²) < 4.78 is 0. The first-order valence-electron chi connectivity index (χ1n) is 7.65. The number of carboxylic acid groups (broad SMARTS) is 1. The van der Waals surface area contributed by atoms with Gasteiger partial charge in [0.05, 0.1) is 5.41 Å². The molecule has 0 fully saturated rings. The van der Waals surface area contributed by atoms with Gasteiger partial charge in [0.15, 0.2) is 5.78 Å². The van der Waals surface area contributed by atoms with E-state index in [4.69, 9.17) is 0 Å². The molecular formula is C18H26O3. The van der Waals surface area contributed by atoms with E-state index in [1.54, 1.807) is 13.8 Å². The van der Waals surface area contributed by atoms with Crippen molar-refractivity contribution >= 4 is 11.8 Å². The lowest BCUT2D eigenvalue weighted by molar-refractivity contribution is -0.146. The van der Waals surface area contributed by atoms with E-state index in [0.717, 1.165) is 24.8 Å². The van der Waals surface area contributed by atoms with Crippen LogP contribution in [0.1, 0.15) is 59.8 Å². The summed E-state index contributed by atoms with van der Waals surface area (Å²) in [5, 5.41) is 9.52. The molecule has 0 aromatic carbocycles. The van der Waals surface area contributed by atoms with Gasteiger partial charge in [0.2, 0.25) is 0 Å². The Morgan fingerprint density at radius 3 is 2.67 bits per heavy atom. The van der Waals surface area contributed by atoms with Gasteiger partial charge in [0, 0.05) is 6.42 Å². The number of hydrogen-bond donors (Lipinski definition) is 1. The van der Waals surface area contributed by atoms with E-state index in [0.29, 0.717) is 24.0 Å². The van der Waals surface area contributed by atoms with E-state index in [2.05, 4.69) is 13.0 Å². The largest absolute Gasteiger partial charge is 0.481 e. The summed E-state index contributed by atoms with van der Waals surface area (Å²) in [5.41, 5.74) is 1.38. The molecule has 3 heteroatoms. The third kappa shape index (κ3) is 4.16. The number of aliphatic carboxylic acids is 1. The second-order valence-corrected chi connectivity index (χ2v) is 6.02. The molecule has 0 bridgehead atoms. The van der Waals surface area contributed by atoms with Gasteiger partial charge in [-0.25, -0.2) is 0 Å². The van der Waals surface area contributed by atoms with Crippen molar-refractivity contribution in [3.63, 3.8) is 0 Å². The van der Waals surface area contributed by atoms with Crippen LogP contribution in [0.15, 0.2) is 34.9 Å². The molecule has 0 aliphatic heterocycles. The number of Topliss-reactive ketones (excluding diaryl/α,β-unsaturated/α-hetero) is 1. The number of unbranched alkanes of at least 4 members (excludes halogenated alkanes) is 2. The fourth-order valence-electron chi connectivity index (χ4n) is 2.60. The molecule has 3 nitrogen and oxygen atoms in total. The van der Waals surface area contributed by atoms with Gasteiger partial charge < -0.3 is 5.11 Å². The van der Waals surface area contributed by atoms with Crippen LogP contribution in [0.5, 0.6) is 0 Å². The SMILES string of the molecule is CCCCC=C(C)C=CC1=C(C)C(=O)CCC1(C)C(=O)O. The van der Waals surface area contributed by atoms with Crippen LogP contribution in [0.4, 0.5) is 0 Å². The Balaban J connectivity index is 3.05. The summed E-state index contributed by atoms with van der Waals surface area (Å²) in [4.78, 5) is 23.5. The standard InChI is InChI=1S/C18H26O3/c1-5-6-7-8-13(2)9-10-15-14(3)16(19)11-12-18(15,4)17(20)21/h8-10H,5-7,11-12H2,1-4H3,(H,20,21). The zero-order valence-electron chi connectivity index (χ0n) is 13.5. The van der Waals surface area contributed by atoms with Crippen molar-refractivity contribution in [2.45, 2.75) is 59.8 Å². The van der Waals surface area contributed by atoms with E-state index >= 15 is 0 Å². The summed E-state index contributed by atoms with van der Waals surface area (Å²) in [7, 11) is 0. The van der Waals surface area contributed by atoms with Crippen molar-refractivity contribution in [3.05, 3.63) is 34.9 Å². The minimum absolute atomic E-state index is 0.0565. The molecule has 1 rings (SSSR count). The zero-order chi connectivity index (χ0) is 16.0. The number of allylic oxidation sites excluding steroid dienone is 5. The van der Waals surface area contributed by atoms with Gasteiger partial charge in [-0.2, -0.15) is 0 Å². The van der Waals surface area contributed by atoms with Gasteiger partial charge in [0.25, 0.3) is 0 Å². The fraction of sp³-hybridized carbons (Fsp3) is 0.556. The normalized spacial score (nSPS) is 24.0. The van der Waals surface area contributed by atoms with Gasteiger partial charge in [0.1, 0.15) is 0 Å². The van der Waals surface area contributed by atoms with Gasteiger partial charge in [-0.15, -0.1) is 0 Å². The van der Waals surface area contributed by atoms with Crippen molar-refractivity contribution < 1.29 is 14.7 Å². The molecule has 0 aromatic heterocycles. The highest BCUT2D eigenvalue weighted by molar-refractivity contribution is 6.00. The molecule has 0 saturated carbocycles. The molecule has 1 aliphatic carbocycles. The summed E-state index contributed by atoms with van der Waals surface area (Å²) >= 11 is 0. The Morgan fingerprint density at radius 1 is 1.43 bits per heavy atom. The summed E-state index contributed by atoms with van der Waals surface area (Å²) in [6.45, 7) is 7.60. The molecule has 0 spiro atoms. The van der Waals surface area contributed by atoms with E-state index in [9.17, 15) is 14.7 Å². The Labute approximate surface area is 127 Å². The van der Waals surface area contributed by atoms with Crippen LogP contribution in [-0.4, -0.2) is 16.9 Å². The lowest BCUT2D eigenvalue weighted by Crippen LogP contribution is -2.34.